The van der Waals surface area contributed by atoms with Crippen LogP contribution in [0.15, 0.2) is 46.9 Å². The van der Waals surface area contributed by atoms with E-state index in [2.05, 4.69) is 15.6 Å². The van der Waals surface area contributed by atoms with Gasteiger partial charge in [0.25, 0.3) is 5.91 Å². The number of amides is 2. The average Bonchev–Trinajstić information content (AvgIpc) is 3.02. The number of aryl methyl sites for hydroxylation is 1. The summed E-state index contributed by atoms with van der Waals surface area (Å²) in [4.78, 5) is 28.2. The number of carbonyl (C=O) groups is 2. The highest BCUT2D eigenvalue weighted by Gasteiger charge is 2.21. The van der Waals surface area contributed by atoms with Crippen molar-refractivity contribution in [3.63, 3.8) is 0 Å². The van der Waals surface area contributed by atoms with E-state index >= 15 is 0 Å². The number of benzene rings is 2. The van der Waals surface area contributed by atoms with Crippen LogP contribution in [-0.4, -0.2) is 23.4 Å². The third kappa shape index (κ3) is 3.44. The molecule has 1 aromatic heterocycles. The van der Waals surface area contributed by atoms with Crippen LogP contribution in [0, 0.1) is 12.7 Å². The molecule has 0 saturated carbocycles. The quantitative estimate of drug-likeness (QED) is 0.723. The fourth-order valence-corrected chi connectivity index (χ4v) is 2.90. The third-order valence-electron chi connectivity index (χ3n) is 4.24. The lowest BCUT2D eigenvalue weighted by Gasteiger charge is -2.20. The number of rotatable bonds is 4. The second kappa shape index (κ2) is 7.15. The van der Waals surface area contributed by atoms with Crippen LogP contribution in [-0.2, 0) is 16.0 Å². The van der Waals surface area contributed by atoms with E-state index in [-0.39, 0.29) is 36.3 Å². The largest absolute Gasteiger partial charge is 0.479 e. The van der Waals surface area contributed by atoms with Crippen LogP contribution < -0.4 is 15.4 Å². The molecule has 0 saturated heterocycles. The van der Waals surface area contributed by atoms with E-state index in [1.807, 2.05) is 0 Å². The molecule has 0 spiro atoms. The first-order chi connectivity index (χ1) is 13.5. The van der Waals surface area contributed by atoms with Crippen molar-refractivity contribution in [3.8, 4) is 17.2 Å². The van der Waals surface area contributed by atoms with E-state index in [1.165, 1.54) is 6.07 Å². The maximum Gasteiger partial charge on any atom is 0.262 e. The molecule has 2 amide bonds. The van der Waals surface area contributed by atoms with Crippen molar-refractivity contribution in [3.05, 3.63) is 59.7 Å². The minimum atomic E-state index is -0.449. The van der Waals surface area contributed by atoms with Crippen molar-refractivity contribution in [2.75, 3.05) is 17.2 Å². The minimum Gasteiger partial charge on any atom is -0.479 e. The standard InChI is InChI=1S/C20H16FN3O4/c1-11-16(24-20(28-11)12-5-2-3-6-13(12)21)9-17(25)22-14-7-4-8-15-19(14)27-10-18(26)23-15/h2-8H,9-10H2,1H3,(H,22,25)(H,23,26). The summed E-state index contributed by atoms with van der Waals surface area (Å²) in [5.41, 5.74) is 1.58. The first-order valence-electron chi connectivity index (χ1n) is 8.58. The zero-order valence-corrected chi connectivity index (χ0v) is 14.9. The number of ether oxygens (including phenoxy) is 1. The van der Waals surface area contributed by atoms with Gasteiger partial charge in [-0.1, -0.05) is 18.2 Å². The first kappa shape index (κ1) is 17.7. The topological polar surface area (TPSA) is 93.5 Å². The molecule has 3 aromatic rings. The van der Waals surface area contributed by atoms with Crippen LogP contribution in [0.25, 0.3) is 11.5 Å². The fourth-order valence-electron chi connectivity index (χ4n) is 2.90. The molecule has 8 heteroatoms. The molecular formula is C20H16FN3O4. The van der Waals surface area contributed by atoms with Crippen molar-refractivity contribution in [1.82, 2.24) is 4.98 Å². The van der Waals surface area contributed by atoms with Gasteiger partial charge in [-0.2, -0.15) is 0 Å². The predicted octanol–water partition coefficient (Wildman–Crippen LogP) is 3.30. The molecule has 0 radical (unpaired) electrons. The number of fused-ring (bicyclic) bond motifs is 1. The number of oxazole rings is 1. The average molecular weight is 381 g/mol. The fraction of sp³-hybridized carbons (Fsp3) is 0.150. The summed E-state index contributed by atoms with van der Waals surface area (Å²) in [7, 11) is 0. The Morgan fingerprint density at radius 1 is 1.25 bits per heavy atom. The molecule has 2 aromatic carbocycles. The zero-order chi connectivity index (χ0) is 19.7. The first-order valence-corrected chi connectivity index (χ1v) is 8.58. The molecule has 142 valence electrons. The van der Waals surface area contributed by atoms with Crippen LogP contribution in [0.5, 0.6) is 5.75 Å². The molecule has 1 aliphatic rings. The van der Waals surface area contributed by atoms with Gasteiger partial charge in [-0.05, 0) is 31.2 Å². The van der Waals surface area contributed by atoms with Gasteiger partial charge in [-0.25, -0.2) is 9.37 Å². The molecule has 28 heavy (non-hydrogen) atoms. The van der Waals surface area contributed by atoms with Crippen LogP contribution >= 0.6 is 0 Å². The number of nitrogens with one attached hydrogen (secondary N) is 2. The van der Waals surface area contributed by atoms with Crippen molar-refractivity contribution in [2.45, 2.75) is 13.3 Å². The van der Waals surface area contributed by atoms with E-state index in [1.54, 1.807) is 43.3 Å². The van der Waals surface area contributed by atoms with E-state index < -0.39 is 5.82 Å². The number of hydrogen-bond acceptors (Lipinski definition) is 5. The number of carbonyl (C=O) groups excluding carboxylic acids is 2. The van der Waals surface area contributed by atoms with E-state index in [4.69, 9.17) is 9.15 Å². The summed E-state index contributed by atoms with van der Waals surface area (Å²) in [5.74, 6) is -0.0805. The summed E-state index contributed by atoms with van der Waals surface area (Å²) in [6, 6.07) is 11.2. The Balaban J connectivity index is 1.52. The number of halogens is 1. The Labute approximate surface area is 159 Å². The Bertz CT molecular complexity index is 1080. The van der Waals surface area contributed by atoms with Gasteiger partial charge in [0.15, 0.2) is 12.4 Å². The molecule has 2 heterocycles. The Kier molecular flexibility index (Phi) is 4.52. The smallest absolute Gasteiger partial charge is 0.262 e. The molecule has 2 N–H and O–H groups in total. The molecule has 7 nitrogen and oxygen atoms in total. The van der Waals surface area contributed by atoms with Gasteiger partial charge in [0.1, 0.15) is 11.6 Å². The predicted molar refractivity (Wildman–Crippen MR) is 99.5 cm³/mol. The summed E-state index contributed by atoms with van der Waals surface area (Å²) >= 11 is 0. The normalized spacial score (nSPS) is 12.7. The summed E-state index contributed by atoms with van der Waals surface area (Å²) < 4.78 is 24.9. The lowest BCUT2D eigenvalue weighted by atomic mass is 10.2. The molecular weight excluding hydrogens is 365 g/mol. The van der Waals surface area contributed by atoms with Crippen LogP contribution in [0.4, 0.5) is 15.8 Å². The van der Waals surface area contributed by atoms with Gasteiger partial charge in [0.2, 0.25) is 11.8 Å². The maximum atomic E-state index is 13.9. The number of aromatic nitrogens is 1. The van der Waals surface area contributed by atoms with Gasteiger partial charge < -0.3 is 19.8 Å². The monoisotopic (exact) mass is 381 g/mol. The van der Waals surface area contributed by atoms with Gasteiger partial charge in [0, 0.05) is 0 Å². The Morgan fingerprint density at radius 3 is 2.89 bits per heavy atom. The molecule has 0 bridgehead atoms. The van der Waals surface area contributed by atoms with Gasteiger partial charge >= 0.3 is 0 Å². The van der Waals surface area contributed by atoms with Gasteiger partial charge in [0.05, 0.1) is 29.1 Å². The molecule has 1 aliphatic heterocycles. The van der Waals surface area contributed by atoms with Crippen molar-refractivity contribution < 1.29 is 23.1 Å². The maximum absolute atomic E-state index is 13.9. The van der Waals surface area contributed by atoms with E-state index in [0.29, 0.717) is 28.6 Å². The van der Waals surface area contributed by atoms with E-state index in [0.717, 1.165) is 0 Å². The summed E-state index contributed by atoms with van der Waals surface area (Å²) in [5, 5.41) is 5.43. The zero-order valence-electron chi connectivity index (χ0n) is 14.9. The summed E-state index contributed by atoms with van der Waals surface area (Å²) in [6.45, 7) is 1.55. The van der Waals surface area contributed by atoms with Crippen LogP contribution in [0.1, 0.15) is 11.5 Å². The number of hydrogen-bond donors (Lipinski definition) is 2. The molecule has 0 aliphatic carbocycles. The van der Waals surface area contributed by atoms with Crippen LogP contribution in [0.3, 0.4) is 0 Å². The van der Waals surface area contributed by atoms with E-state index in [9.17, 15) is 14.0 Å². The second-order valence-electron chi connectivity index (χ2n) is 6.25. The molecule has 0 fully saturated rings. The highest BCUT2D eigenvalue weighted by molar-refractivity contribution is 6.00. The summed E-state index contributed by atoms with van der Waals surface area (Å²) in [6.07, 6.45) is -0.0557. The van der Waals surface area contributed by atoms with Crippen molar-refractivity contribution in [1.29, 1.82) is 0 Å². The number of nitrogens with zero attached hydrogens (tertiary/aromatic N) is 1. The molecule has 4 rings (SSSR count). The second-order valence-corrected chi connectivity index (χ2v) is 6.25. The highest BCUT2D eigenvalue weighted by atomic mass is 19.1. The SMILES string of the molecule is Cc1oc(-c2ccccc2F)nc1CC(=O)Nc1cccc2c1OCC(=O)N2. The lowest BCUT2D eigenvalue weighted by molar-refractivity contribution is -0.118. The Hall–Kier alpha value is -3.68. The molecule has 0 unspecified atom stereocenters. The van der Waals surface area contributed by atoms with Gasteiger partial charge in [-0.15, -0.1) is 0 Å². The Morgan fingerprint density at radius 2 is 2.07 bits per heavy atom. The molecule has 0 atom stereocenters. The van der Waals surface area contributed by atoms with Gasteiger partial charge in [-0.3, -0.25) is 9.59 Å². The van der Waals surface area contributed by atoms with Crippen molar-refractivity contribution >= 4 is 23.2 Å². The third-order valence-corrected chi connectivity index (χ3v) is 4.24. The number of anilines is 2. The minimum absolute atomic E-state index is 0.0557. The highest BCUT2D eigenvalue weighted by Crippen LogP contribution is 2.35. The lowest BCUT2D eigenvalue weighted by Crippen LogP contribution is -2.26. The van der Waals surface area contributed by atoms with Crippen LogP contribution in [0.2, 0.25) is 0 Å². The number of para-hydroxylation sites is 1. The van der Waals surface area contributed by atoms with Crippen molar-refractivity contribution in [2.24, 2.45) is 0 Å².